The van der Waals surface area contributed by atoms with Gasteiger partial charge in [0.2, 0.25) is 17.6 Å². The number of nitrogens with zero attached hydrogens (tertiary/aromatic N) is 6. The second-order valence-corrected chi connectivity index (χ2v) is 13.5. The molecule has 3 aliphatic heterocycles. The number of aryl methyl sites for hydroxylation is 2. The lowest BCUT2D eigenvalue weighted by Gasteiger charge is -2.36. The van der Waals surface area contributed by atoms with Gasteiger partial charge in [0.15, 0.2) is 11.5 Å². The van der Waals surface area contributed by atoms with Crippen molar-refractivity contribution in [3.05, 3.63) is 35.4 Å². The highest BCUT2D eigenvalue weighted by atomic mass is 16.5. The zero-order chi connectivity index (χ0) is 38.1. The number of pyridine rings is 1. The zero-order valence-electron chi connectivity index (χ0n) is 31.3. The van der Waals surface area contributed by atoms with Crippen molar-refractivity contribution in [1.82, 2.24) is 29.7 Å². The summed E-state index contributed by atoms with van der Waals surface area (Å²) in [6.45, 7) is 5.63. The standard InChI is InChI=1S/C36H49N7O7.CH2O2/c1-23-31(40(2)22-38-23)36(46)41-12-8-30(44)37-19-24-7-6-11-42(20-24)34-26(21-43(14-13-41)35(45)25-9-15-50-16-10-25)17-27-28(39-34)18-29(47-3)33(49-5)32(27)48-4;2-1-3/h17-18,22,24-25H,6-16,19-21H2,1-5H3,(H,37,44);1H,(H,2,3). The molecule has 1 atom stereocenters. The molecular weight excluding hydrogens is 686 g/mol. The third kappa shape index (κ3) is 8.92. The molecule has 5 heterocycles. The lowest BCUT2D eigenvalue weighted by atomic mass is 9.96. The van der Waals surface area contributed by atoms with Gasteiger partial charge in [-0.05, 0) is 44.6 Å². The van der Waals surface area contributed by atoms with Crippen LogP contribution in [-0.4, -0.2) is 127 Å². The molecule has 2 N–H and O–H groups in total. The summed E-state index contributed by atoms with van der Waals surface area (Å²) in [4.78, 5) is 65.3. The smallest absolute Gasteiger partial charge is 0.290 e. The Morgan fingerprint density at radius 3 is 2.38 bits per heavy atom. The molecule has 2 fully saturated rings. The average Bonchev–Trinajstić information content (AvgIpc) is 3.51. The van der Waals surface area contributed by atoms with E-state index in [0.29, 0.717) is 73.3 Å². The van der Waals surface area contributed by atoms with Crippen LogP contribution in [0.25, 0.3) is 10.9 Å². The van der Waals surface area contributed by atoms with E-state index >= 15 is 0 Å². The van der Waals surface area contributed by atoms with E-state index in [4.69, 9.17) is 33.8 Å². The molecule has 3 aromatic rings. The number of ether oxygens (including phenoxy) is 4. The molecule has 2 bridgehead atoms. The van der Waals surface area contributed by atoms with Crippen LogP contribution in [0.4, 0.5) is 5.82 Å². The number of carbonyl (C=O) groups excluding carboxylic acids is 3. The van der Waals surface area contributed by atoms with Gasteiger partial charge in [0.1, 0.15) is 11.5 Å². The molecule has 1 aromatic carbocycles. The summed E-state index contributed by atoms with van der Waals surface area (Å²) in [5.74, 6) is 1.94. The van der Waals surface area contributed by atoms with E-state index in [2.05, 4.69) is 15.2 Å². The van der Waals surface area contributed by atoms with Gasteiger partial charge in [0.25, 0.3) is 12.4 Å². The fraction of sp³-hybridized carbons (Fsp3) is 0.568. The van der Waals surface area contributed by atoms with Gasteiger partial charge in [-0.15, -0.1) is 0 Å². The van der Waals surface area contributed by atoms with Gasteiger partial charge in [-0.25, -0.2) is 9.97 Å². The predicted molar refractivity (Wildman–Crippen MR) is 195 cm³/mol. The number of methoxy groups -OCH3 is 3. The number of hydrogen-bond donors (Lipinski definition) is 2. The van der Waals surface area contributed by atoms with Gasteiger partial charge in [0, 0.05) is 95.4 Å². The summed E-state index contributed by atoms with van der Waals surface area (Å²) >= 11 is 0. The Hall–Kier alpha value is -5.12. The van der Waals surface area contributed by atoms with Crippen molar-refractivity contribution in [2.24, 2.45) is 18.9 Å². The number of piperidine rings is 1. The highest BCUT2D eigenvalue weighted by Crippen LogP contribution is 2.44. The van der Waals surface area contributed by atoms with Crippen LogP contribution < -0.4 is 24.4 Å². The van der Waals surface area contributed by atoms with Gasteiger partial charge < -0.3 is 48.6 Å². The van der Waals surface area contributed by atoms with Crippen molar-refractivity contribution >= 4 is 40.9 Å². The molecule has 0 radical (unpaired) electrons. The van der Waals surface area contributed by atoms with E-state index in [-0.39, 0.29) is 68.6 Å². The molecule has 3 aliphatic rings. The van der Waals surface area contributed by atoms with E-state index in [1.54, 1.807) is 51.1 Å². The summed E-state index contributed by atoms with van der Waals surface area (Å²) in [6, 6.07) is 3.90. The number of hydrogen-bond acceptors (Lipinski definition) is 11. The Labute approximate surface area is 309 Å². The number of anilines is 1. The van der Waals surface area contributed by atoms with Gasteiger partial charge >= 0.3 is 0 Å². The SMILES string of the molecule is COc1cc2nc3c(cc2c(OC)c1OC)CN(C(=O)C1CCOCC1)CCN(C(=O)c1c(C)ncn1C)CCC(=O)NCC1CCCN3C1.O=CO. The Morgan fingerprint density at radius 2 is 1.72 bits per heavy atom. The summed E-state index contributed by atoms with van der Waals surface area (Å²) in [5, 5.41) is 10.8. The van der Waals surface area contributed by atoms with E-state index in [1.807, 2.05) is 17.0 Å². The Balaban J connectivity index is 0.00000175. The van der Waals surface area contributed by atoms with Crippen molar-refractivity contribution in [1.29, 1.82) is 0 Å². The molecule has 0 aliphatic carbocycles. The largest absolute Gasteiger partial charge is 0.493 e. The van der Waals surface area contributed by atoms with Crippen LogP contribution >= 0.6 is 0 Å². The molecule has 0 saturated carbocycles. The molecular formula is C37H51N7O9. The second kappa shape index (κ2) is 18.1. The molecule has 2 aromatic heterocycles. The fourth-order valence-corrected chi connectivity index (χ4v) is 7.45. The third-order valence-corrected chi connectivity index (χ3v) is 10.2. The lowest BCUT2D eigenvalue weighted by molar-refractivity contribution is -0.139. The second-order valence-electron chi connectivity index (χ2n) is 13.5. The quantitative estimate of drug-likeness (QED) is 0.367. The number of aromatic nitrogens is 3. The maximum absolute atomic E-state index is 14.4. The van der Waals surface area contributed by atoms with Crippen molar-refractivity contribution in [2.45, 2.75) is 45.6 Å². The van der Waals surface area contributed by atoms with Gasteiger partial charge in [0.05, 0.1) is 38.9 Å². The summed E-state index contributed by atoms with van der Waals surface area (Å²) in [7, 11) is 6.53. The van der Waals surface area contributed by atoms with E-state index in [1.165, 1.54) is 0 Å². The molecule has 16 heteroatoms. The normalized spacial score (nSPS) is 18.8. The number of fused-ring (bicyclic) bond motifs is 5. The fourth-order valence-electron chi connectivity index (χ4n) is 7.45. The Bertz CT molecular complexity index is 1760. The molecule has 1 unspecified atom stereocenters. The first-order valence-electron chi connectivity index (χ1n) is 18.0. The number of amides is 3. The summed E-state index contributed by atoms with van der Waals surface area (Å²) < 4.78 is 24.6. The minimum atomic E-state index is -0.250. The maximum Gasteiger partial charge on any atom is 0.290 e. The van der Waals surface area contributed by atoms with Crippen molar-refractivity contribution < 1.29 is 43.2 Å². The molecule has 0 spiro atoms. The highest BCUT2D eigenvalue weighted by Gasteiger charge is 2.32. The number of carboxylic acid groups (broad SMARTS) is 1. The van der Waals surface area contributed by atoms with Crippen LogP contribution in [0.1, 0.15) is 53.8 Å². The molecule has 2 saturated heterocycles. The topological polar surface area (TPSA) is 178 Å². The van der Waals surface area contributed by atoms with Crippen LogP contribution in [0.3, 0.4) is 0 Å². The Kier molecular flexibility index (Phi) is 13.3. The van der Waals surface area contributed by atoms with E-state index in [0.717, 1.165) is 36.2 Å². The van der Waals surface area contributed by atoms with Crippen LogP contribution in [0.5, 0.6) is 17.2 Å². The molecule has 3 amide bonds. The van der Waals surface area contributed by atoms with E-state index < -0.39 is 0 Å². The van der Waals surface area contributed by atoms with E-state index in [9.17, 15) is 14.4 Å². The first-order chi connectivity index (χ1) is 25.6. The van der Waals surface area contributed by atoms with Crippen LogP contribution in [0.2, 0.25) is 0 Å². The van der Waals surface area contributed by atoms with Gasteiger partial charge in [-0.2, -0.15) is 0 Å². The minimum Gasteiger partial charge on any atom is -0.493 e. The van der Waals surface area contributed by atoms with Crippen LogP contribution in [-0.2, 0) is 32.7 Å². The molecule has 16 nitrogen and oxygen atoms in total. The number of imidazole rings is 1. The van der Waals surface area contributed by atoms with Crippen molar-refractivity contribution in [3.8, 4) is 17.2 Å². The summed E-state index contributed by atoms with van der Waals surface area (Å²) in [6.07, 6.45) is 4.94. The lowest BCUT2D eigenvalue weighted by Crippen LogP contribution is -2.45. The van der Waals surface area contributed by atoms with Gasteiger partial charge in [-0.1, -0.05) is 0 Å². The highest BCUT2D eigenvalue weighted by molar-refractivity contribution is 5.94. The molecule has 53 heavy (non-hydrogen) atoms. The van der Waals surface area contributed by atoms with Gasteiger partial charge in [-0.3, -0.25) is 19.2 Å². The van der Waals surface area contributed by atoms with Crippen LogP contribution in [0, 0.1) is 18.8 Å². The third-order valence-electron chi connectivity index (χ3n) is 10.2. The summed E-state index contributed by atoms with van der Waals surface area (Å²) in [5.41, 5.74) is 2.62. The Morgan fingerprint density at radius 1 is 1.00 bits per heavy atom. The molecule has 288 valence electrons. The number of carbonyl (C=O) groups is 4. The minimum absolute atomic E-state index is 0.0151. The monoisotopic (exact) mass is 737 g/mol. The number of nitrogens with one attached hydrogen (secondary N) is 1. The van der Waals surface area contributed by atoms with Crippen molar-refractivity contribution in [3.63, 3.8) is 0 Å². The maximum atomic E-state index is 14.4. The zero-order valence-corrected chi connectivity index (χ0v) is 31.3. The number of rotatable bonds is 5. The average molecular weight is 738 g/mol. The van der Waals surface area contributed by atoms with Crippen LogP contribution in [0.15, 0.2) is 18.5 Å². The first-order valence-corrected chi connectivity index (χ1v) is 18.0. The predicted octanol–water partition coefficient (Wildman–Crippen LogP) is 2.64. The first kappa shape index (κ1) is 39.1. The molecule has 6 rings (SSSR count). The number of benzene rings is 1. The van der Waals surface area contributed by atoms with Crippen molar-refractivity contribution in [2.75, 3.05) is 78.7 Å².